The van der Waals surface area contributed by atoms with Crippen molar-refractivity contribution in [1.29, 1.82) is 0 Å². The van der Waals surface area contributed by atoms with Gasteiger partial charge in [-0.05, 0) is 24.1 Å². The van der Waals surface area contributed by atoms with Gasteiger partial charge in [-0.2, -0.15) is 0 Å². The van der Waals surface area contributed by atoms with Crippen LogP contribution in [0.4, 0.5) is 0 Å². The molecule has 0 aromatic heterocycles. The molecule has 0 radical (unpaired) electrons. The number of esters is 1. The maximum absolute atomic E-state index is 11.2. The van der Waals surface area contributed by atoms with Crippen molar-refractivity contribution in [2.75, 3.05) is 14.2 Å². The Morgan fingerprint density at radius 2 is 2.12 bits per heavy atom. The minimum atomic E-state index is -0.651. The van der Waals surface area contributed by atoms with Gasteiger partial charge in [0.1, 0.15) is 11.8 Å². The average molecular weight is 223 g/mol. The molecule has 0 saturated carbocycles. The largest absolute Gasteiger partial charge is 0.496 e. The van der Waals surface area contributed by atoms with E-state index in [4.69, 9.17) is 10.5 Å². The summed E-state index contributed by atoms with van der Waals surface area (Å²) in [6.07, 6.45) is 0.413. The molecule has 1 atom stereocenters. The number of hydrogen-bond donors (Lipinski definition) is 1. The standard InChI is InChI=1S/C12H17NO3/c1-8-4-5-9(11(6-8)15-2)7-10(13)12(14)16-3/h4-6,10H,7,13H2,1-3H3. The first-order valence-electron chi connectivity index (χ1n) is 5.05. The third kappa shape index (κ3) is 2.97. The Balaban J connectivity index is 2.84. The van der Waals surface area contributed by atoms with Crippen LogP contribution in [-0.4, -0.2) is 26.2 Å². The van der Waals surface area contributed by atoms with Gasteiger partial charge in [0, 0.05) is 6.42 Å². The van der Waals surface area contributed by atoms with E-state index in [9.17, 15) is 4.79 Å². The van der Waals surface area contributed by atoms with Crippen molar-refractivity contribution in [2.24, 2.45) is 5.73 Å². The third-order valence-electron chi connectivity index (χ3n) is 2.39. The van der Waals surface area contributed by atoms with Crippen molar-refractivity contribution >= 4 is 5.97 Å². The summed E-state index contributed by atoms with van der Waals surface area (Å²) in [6, 6.07) is 5.14. The summed E-state index contributed by atoms with van der Waals surface area (Å²) >= 11 is 0. The molecule has 16 heavy (non-hydrogen) atoms. The van der Waals surface area contributed by atoms with Crippen LogP contribution in [0.5, 0.6) is 5.75 Å². The lowest BCUT2D eigenvalue weighted by molar-refractivity contribution is -0.142. The van der Waals surface area contributed by atoms with E-state index < -0.39 is 12.0 Å². The van der Waals surface area contributed by atoms with Gasteiger partial charge in [0.25, 0.3) is 0 Å². The molecule has 2 N–H and O–H groups in total. The van der Waals surface area contributed by atoms with Crippen LogP contribution < -0.4 is 10.5 Å². The molecule has 0 aliphatic rings. The first kappa shape index (κ1) is 12.5. The first-order valence-corrected chi connectivity index (χ1v) is 5.05. The molecule has 1 aromatic carbocycles. The SMILES string of the molecule is COC(=O)C(N)Cc1ccc(C)cc1OC. The van der Waals surface area contributed by atoms with Gasteiger partial charge in [0.2, 0.25) is 0 Å². The van der Waals surface area contributed by atoms with Crippen LogP contribution in [0.25, 0.3) is 0 Å². The molecule has 4 heteroatoms. The predicted octanol–water partition coefficient (Wildman–Crippen LogP) is 1.05. The minimum Gasteiger partial charge on any atom is -0.496 e. The van der Waals surface area contributed by atoms with Crippen LogP contribution in [0.15, 0.2) is 18.2 Å². The number of methoxy groups -OCH3 is 2. The molecular formula is C12H17NO3. The number of ether oxygens (including phenoxy) is 2. The molecule has 0 bridgehead atoms. The molecule has 0 amide bonds. The Kier molecular flexibility index (Phi) is 4.31. The molecule has 0 saturated heterocycles. The highest BCUT2D eigenvalue weighted by Crippen LogP contribution is 2.21. The Hall–Kier alpha value is -1.55. The van der Waals surface area contributed by atoms with Crippen LogP contribution in [0.1, 0.15) is 11.1 Å². The highest BCUT2D eigenvalue weighted by Gasteiger charge is 2.16. The molecule has 1 rings (SSSR count). The van der Waals surface area contributed by atoms with E-state index in [1.165, 1.54) is 7.11 Å². The fourth-order valence-corrected chi connectivity index (χ4v) is 1.49. The fourth-order valence-electron chi connectivity index (χ4n) is 1.49. The molecule has 1 aromatic rings. The summed E-state index contributed by atoms with van der Waals surface area (Å²) < 4.78 is 9.81. The van der Waals surface area contributed by atoms with Crippen molar-refractivity contribution in [1.82, 2.24) is 0 Å². The zero-order chi connectivity index (χ0) is 12.1. The van der Waals surface area contributed by atoms with E-state index in [1.54, 1.807) is 7.11 Å². The van der Waals surface area contributed by atoms with Crippen molar-refractivity contribution in [2.45, 2.75) is 19.4 Å². The average Bonchev–Trinajstić information content (AvgIpc) is 2.30. The van der Waals surface area contributed by atoms with E-state index in [-0.39, 0.29) is 0 Å². The maximum Gasteiger partial charge on any atom is 0.322 e. The van der Waals surface area contributed by atoms with E-state index in [0.29, 0.717) is 6.42 Å². The van der Waals surface area contributed by atoms with Gasteiger partial charge in [-0.3, -0.25) is 4.79 Å². The van der Waals surface area contributed by atoms with Crippen LogP contribution in [0.3, 0.4) is 0 Å². The van der Waals surface area contributed by atoms with E-state index in [2.05, 4.69) is 4.74 Å². The van der Waals surface area contributed by atoms with Gasteiger partial charge in [0.05, 0.1) is 14.2 Å². The Bertz CT molecular complexity index is 377. The Morgan fingerprint density at radius 1 is 1.44 bits per heavy atom. The molecule has 0 heterocycles. The van der Waals surface area contributed by atoms with Gasteiger partial charge in [-0.25, -0.2) is 0 Å². The van der Waals surface area contributed by atoms with E-state index >= 15 is 0 Å². The van der Waals surface area contributed by atoms with Gasteiger partial charge < -0.3 is 15.2 Å². The normalized spacial score (nSPS) is 12.0. The summed E-state index contributed by atoms with van der Waals surface area (Å²) in [5.74, 6) is 0.335. The van der Waals surface area contributed by atoms with Crippen molar-refractivity contribution in [3.05, 3.63) is 29.3 Å². The topological polar surface area (TPSA) is 61.5 Å². The summed E-state index contributed by atoms with van der Waals surface area (Å²) in [6.45, 7) is 1.98. The Labute approximate surface area is 95.3 Å². The summed E-state index contributed by atoms with van der Waals surface area (Å²) in [5.41, 5.74) is 7.70. The monoisotopic (exact) mass is 223 g/mol. The zero-order valence-corrected chi connectivity index (χ0v) is 9.82. The number of carbonyl (C=O) groups is 1. The van der Waals surface area contributed by atoms with Crippen molar-refractivity contribution in [3.63, 3.8) is 0 Å². The molecule has 1 unspecified atom stereocenters. The van der Waals surface area contributed by atoms with E-state index in [1.807, 2.05) is 25.1 Å². The molecular weight excluding hydrogens is 206 g/mol. The highest BCUT2D eigenvalue weighted by atomic mass is 16.5. The lowest BCUT2D eigenvalue weighted by Gasteiger charge is -2.13. The van der Waals surface area contributed by atoms with E-state index in [0.717, 1.165) is 16.9 Å². The van der Waals surface area contributed by atoms with Crippen LogP contribution in [0.2, 0.25) is 0 Å². The van der Waals surface area contributed by atoms with Gasteiger partial charge in [0.15, 0.2) is 0 Å². The smallest absolute Gasteiger partial charge is 0.322 e. The van der Waals surface area contributed by atoms with Gasteiger partial charge >= 0.3 is 5.97 Å². The summed E-state index contributed by atoms with van der Waals surface area (Å²) in [5, 5.41) is 0. The van der Waals surface area contributed by atoms with Crippen LogP contribution >= 0.6 is 0 Å². The van der Waals surface area contributed by atoms with Gasteiger partial charge in [-0.15, -0.1) is 0 Å². The summed E-state index contributed by atoms with van der Waals surface area (Å²) in [7, 11) is 2.93. The minimum absolute atomic E-state index is 0.413. The molecule has 88 valence electrons. The number of rotatable bonds is 4. The Morgan fingerprint density at radius 3 is 2.69 bits per heavy atom. The number of aryl methyl sites for hydroxylation is 1. The molecule has 0 aliphatic carbocycles. The fraction of sp³-hybridized carbons (Fsp3) is 0.417. The lowest BCUT2D eigenvalue weighted by atomic mass is 10.0. The number of nitrogens with two attached hydrogens (primary N) is 1. The van der Waals surface area contributed by atoms with Gasteiger partial charge in [-0.1, -0.05) is 12.1 Å². The summed E-state index contributed by atoms with van der Waals surface area (Å²) in [4.78, 5) is 11.2. The number of benzene rings is 1. The number of hydrogen-bond acceptors (Lipinski definition) is 4. The second-order valence-corrected chi connectivity index (χ2v) is 3.65. The molecule has 0 spiro atoms. The zero-order valence-electron chi connectivity index (χ0n) is 9.82. The number of carbonyl (C=O) groups excluding carboxylic acids is 1. The highest BCUT2D eigenvalue weighted by molar-refractivity contribution is 5.75. The second-order valence-electron chi connectivity index (χ2n) is 3.65. The lowest BCUT2D eigenvalue weighted by Crippen LogP contribution is -2.33. The third-order valence-corrected chi connectivity index (χ3v) is 2.39. The second kappa shape index (κ2) is 5.51. The predicted molar refractivity (Wildman–Crippen MR) is 61.4 cm³/mol. The first-order chi connectivity index (χ1) is 7.58. The molecule has 0 fully saturated rings. The van der Waals surface area contributed by atoms with Crippen LogP contribution in [-0.2, 0) is 16.0 Å². The molecule has 4 nitrogen and oxygen atoms in total. The van der Waals surface area contributed by atoms with Crippen LogP contribution in [0, 0.1) is 6.92 Å². The van der Waals surface area contributed by atoms with Crippen molar-refractivity contribution in [3.8, 4) is 5.75 Å². The molecule has 0 aliphatic heterocycles. The quantitative estimate of drug-likeness (QED) is 0.775. The maximum atomic E-state index is 11.2. The van der Waals surface area contributed by atoms with Crippen molar-refractivity contribution < 1.29 is 14.3 Å².